The van der Waals surface area contributed by atoms with E-state index >= 15 is 0 Å². The van der Waals surface area contributed by atoms with Crippen molar-refractivity contribution in [1.82, 2.24) is 9.55 Å². The molecule has 4 rings (SSSR count). The third-order valence-corrected chi connectivity index (χ3v) is 5.06. The van der Waals surface area contributed by atoms with Crippen LogP contribution < -0.4 is 5.73 Å². The Hall–Kier alpha value is -3.53. The van der Waals surface area contributed by atoms with Gasteiger partial charge in [-0.1, -0.05) is 74.5 Å². The zero-order valence-corrected chi connectivity index (χ0v) is 20.1. The standard InChI is InChI=1S/C19H21N3O.C7H8.C2H6/c1-12-5-8-17-18(9-12)22(19(20)21-17)11-15-7-6-13(2)16(10-15)14(3)23-4;1-7-5-3-2-4-6-7;1-2/h5-10H,3,11H2,1-2,4H3,(H2,20,21);2-6H,1H3;1-2H3. The Balaban J connectivity index is 0.000000340. The summed E-state index contributed by atoms with van der Waals surface area (Å²) in [4.78, 5) is 4.44. The van der Waals surface area contributed by atoms with Crippen LogP contribution in [0.25, 0.3) is 16.8 Å². The summed E-state index contributed by atoms with van der Waals surface area (Å²) in [5.41, 5.74) is 13.9. The fourth-order valence-electron chi connectivity index (χ4n) is 3.31. The molecule has 0 spiro atoms. The van der Waals surface area contributed by atoms with E-state index in [0.29, 0.717) is 18.3 Å². The van der Waals surface area contributed by atoms with Crippen LogP contribution in [-0.4, -0.2) is 16.7 Å². The number of aromatic nitrogens is 2. The summed E-state index contributed by atoms with van der Waals surface area (Å²) < 4.78 is 7.31. The number of hydrogen-bond donors (Lipinski definition) is 1. The van der Waals surface area contributed by atoms with Crippen molar-refractivity contribution in [3.63, 3.8) is 0 Å². The number of ether oxygens (including phenoxy) is 1. The quantitative estimate of drug-likeness (QED) is 0.358. The highest BCUT2D eigenvalue weighted by atomic mass is 16.5. The number of nitrogen functional groups attached to an aromatic ring is 1. The smallest absolute Gasteiger partial charge is 0.201 e. The zero-order chi connectivity index (χ0) is 23.7. The Morgan fingerprint density at radius 2 is 1.62 bits per heavy atom. The van der Waals surface area contributed by atoms with Gasteiger partial charge in [-0.15, -0.1) is 0 Å². The zero-order valence-electron chi connectivity index (χ0n) is 20.1. The van der Waals surface area contributed by atoms with Crippen LogP contribution in [0.3, 0.4) is 0 Å². The molecule has 0 saturated carbocycles. The van der Waals surface area contributed by atoms with E-state index in [0.717, 1.165) is 27.7 Å². The molecule has 0 fully saturated rings. The molecule has 0 radical (unpaired) electrons. The fraction of sp³-hybridized carbons (Fsp3) is 0.250. The van der Waals surface area contributed by atoms with E-state index in [9.17, 15) is 0 Å². The Bertz CT molecular complexity index is 1160. The Morgan fingerprint density at radius 1 is 0.938 bits per heavy atom. The molecular weight excluding hydrogens is 394 g/mol. The second kappa shape index (κ2) is 11.8. The number of nitrogens with zero attached hydrogens (tertiary/aromatic N) is 2. The molecule has 1 aromatic heterocycles. The Kier molecular flexibility index (Phi) is 9.08. The maximum Gasteiger partial charge on any atom is 0.201 e. The summed E-state index contributed by atoms with van der Waals surface area (Å²) >= 11 is 0. The van der Waals surface area contributed by atoms with Crippen molar-refractivity contribution in [2.45, 2.75) is 41.2 Å². The lowest BCUT2D eigenvalue weighted by molar-refractivity contribution is 0.371. The van der Waals surface area contributed by atoms with Crippen LogP contribution in [-0.2, 0) is 11.3 Å². The molecule has 0 unspecified atom stereocenters. The Morgan fingerprint density at radius 3 is 2.22 bits per heavy atom. The van der Waals surface area contributed by atoms with Gasteiger partial charge in [0.2, 0.25) is 5.95 Å². The maximum atomic E-state index is 6.11. The van der Waals surface area contributed by atoms with Gasteiger partial charge in [-0.05, 0) is 55.7 Å². The molecule has 4 aromatic rings. The summed E-state index contributed by atoms with van der Waals surface area (Å²) in [6, 6.07) is 22.7. The van der Waals surface area contributed by atoms with Crippen LogP contribution >= 0.6 is 0 Å². The molecule has 0 aliphatic rings. The van der Waals surface area contributed by atoms with Gasteiger partial charge in [0.15, 0.2) is 0 Å². The molecule has 3 aromatic carbocycles. The molecule has 2 N–H and O–H groups in total. The summed E-state index contributed by atoms with van der Waals surface area (Å²) in [7, 11) is 1.64. The van der Waals surface area contributed by atoms with E-state index < -0.39 is 0 Å². The third kappa shape index (κ3) is 6.24. The van der Waals surface area contributed by atoms with Gasteiger partial charge in [0.05, 0.1) is 24.7 Å². The van der Waals surface area contributed by atoms with Crippen molar-refractivity contribution in [2.24, 2.45) is 0 Å². The number of anilines is 1. The first kappa shape index (κ1) is 24.7. The minimum atomic E-state index is 0.526. The number of nitrogens with two attached hydrogens (primary N) is 1. The lowest BCUT2D eigenvalue weighted by Crippen LogP contribution is -2.05. The second-order valence-corrected chi connectivity index (χ2v) is 7.48. The minimum absolute atomic E-state index is 0.526. The van der Waals surface area contributed by atoms with Crippen LogP contribution in [0, 0.1) is 20.8 Å². The highest BCUT2D eigenvalue weighted by molar-refractivity contribution is 5.79. The molecule has 32 heavy (non-hydrogen) atoms. The maximum absolute atomic E-state index is 6.11. The van der Waals surface area contributed by atoms with Gasteiger partial charge >= 0.3 is 0 Å². The molecule has 1 heterocycles. The van der Waals surface area contributed by atoms with Crippen LogP contribution in [0.4, 0.5) is 5.95 Å². The van der Waals surface area contributed by atoms with E-state index in [4.69, 9.17) is 10.5 Å². The molecule has 0 amide bonds. The third-order valence-electron chi connectivity index (χ3n) is 5.06. The first-order chi connectivity index (χ1) is 15.4. The van der Waals surface area contributed by atoms with Crippen molar-refractivity contribution in [3.8, 4) is 0 Å². The largest absolute Gasteiger partial charge is 0.497 e. The SMILES string of the molecule is C=C(OC)c1cc(Cn2c(N)nc3ccc(C)cc32)ccc1C.CC.Cc1ccccc1. The van der Waals surface area contributed by atoms with Gasteiger partial charge in [0.1, 0.15) is 5.76 Å². The molecule has 168 valence electrons. The number of hydrogen-bond acceptors (Lipinski definition) is 3. The van der Waals surface area contributed by atoms with Crippen LogP contribution in [0.5, 0.6) is 0 Å². The van der Waals surface area contributed by atoms with Crippen LogP contribution in [0.2, 0.25) is 0 Å². The minimum Gasteiger partial charge on any atom is -0.497 e. The van der Waals surface area contributed by atoms with Gasteiger partial charge in [-0.2, -0.15) is 0 Å². The number of aryl methyl sites for hydroxylation is 3. The molecule has 0 aliphatic carbocycles. The van der Waals surface area contributed by atoms with Crippen LogP contribution in [0.1, 0.15) is 41.7 Å². The molecule has 0 bridgehead atoms. The number of fused-ring (bicyclic) bond motifs is 1. The average molecular weight is 430 g/mol. The van der Waals surface area contributed by atoms with Gasteiger partial charge in [0, 0.05) is 5.56 Å². The van der Waals surface area contributed by atoms with E-state index in [-0.39, 0.29) is 0 Å². The number of rotatable bonds is 4. The highest BCUT2D eigenvalue weighted by Crippen LogP contribution is 2.24. The monoisotopic (exact) mass is 429 g/mol. The predicted molar refractivity (Wildman–Crippen MR) is 138 cm³/mol. The molecule has 4 nitrogen and oxygen atoms in total. The van der Waals surface area contributed by atoms with Crippen molar-refractivity contribution in [2.75, 3.05) is 12.8 Å². The van der Waals surface area contributed by atoms with E-state index in [2.05, 4.69) is 61.8 Å². The lowest BCUT2D eigenvalue weighted by Gasteiger charge is -2.12. The first-order valence-electron chi connectivity index (χ1n) is 11.0. The predicted octanol–water partition coefficient (Wildman–Crippen LogP) is 6.92. The molecule has 0 aliphatic heterocycles. The number of methoxy groups -OCH3 is 1. The molecule has 0 saturated heterocycles. The number of imidazole rings is 1. The van der Waals surface area contributed by atoms with Gasteiger partial charge in [-0.25, -0.2) is 4.98 Å². The van der Waals surface area contributed by atoms with E-state index in [1.165, 1.54) is 11.1 Å². The van der Waals surface area contributed by atoms with E-state index in [1.807, 2.05) is 55.7 Å². The van der Waals surface area contributed by atoms with Crippen molar-refractivity contribution in [1.29, 1.82) is 0 Å². The molecule has 4 heteroatoms. The van der Waals surface area contributed by atoms with Crippen molar-refractivity contribution >= 4 is 22.7 Å². The Labute approximate surface area is 192 Å². The topological polar surface area (TPSA) is 53.1 Å². The van der Waals surface area contributed by atoms with Crippen LogP contribution in [0.15, 0.2) is 73.3 Å². The van der Waals surface area contributed by atoms with Gasteiger partial charge in [0.25, 0.3) is 0 Å². The summed E-state index contributed by atoms with van der Waals surface area (Å²) in [5.74, 6) is 1.20. The van der Waals surface area contributed by atoms with Gasteiger partial charge < -0.3 is 15.0 Å². The summed E-state index contributed by atoms with van der Waals surface area (Å²) in [5, 5.41) is 0. The summed E-state index contributed by atoms with van der Waals surface area (Å²) in [6.45, 7) is 14.8. The summed E-state index contributed by atoms with van der Waals surface area (Å²) in [6.07, 6.45) is 0. The highest BCUT2D eigenvalue weighted by Gasteiger charge is 2.10. The van der Waals surface area contributed by atoms with Crippen molar-refractivity contribution < 1.29 is 4.74 Å². The van der Waals surface area contributed by atoms with Gasteiger partial charge in [-0.3, -0.25) is 0 Å². The fourth-order valence-corrected chi connectivity index (χ4v) is 3.31. The molecular formula is C28H35N3O. The average Bonchev–Trinajstić information content (AvgIpc) is 3.11. The lowest BCUT2D eigenvalue weighted by atomic mass is 10.0. The first-order valence-corrected chi connectivity index (χ1v) is 11.0. The van der Waals surface area contributed by atoms with Crippen molar-refractivity contribution in [3.05, 3.63) is 101 Å². The second-order valence-electron chi connectivity index (χ2n) is 7.48. The molecule has 0 atom stereocenters. The normalized spacial score (nSPS) is 9.94. The van der Waals surface area contributed by atoms with E-state index in [1.54, 1.807) is 7.11 Å². The number of benzene rings is 3.